The summed E-state index contributed by atoms with van der Waals surface area (Å²) in [5.74, 6) is -0.487. The zero-order valence-corrected chi connectivity index (χ0v) is 15.9. The van der Waals surface area contributed by atoms with E-state index >= 15 is 0 Å². The second-order valence-corrected chi connectivity index (χ2v) is 7.91. The number of aromatic nitrogens is 1. The minimum atomic E-state index is -0.401. The van der Waals surface area contributed by atoms with Gasteiger partial charge in [-0.15, -0.1) is 22.7 Å². The maximum Gasteiger partial charge on any atom is 0.312 e. The van der Waals surface area contributed by atoms with Gasteiger partial charge in [0.1, 0.15) is 5.01 Å². The van der Waals surface area contributed by atoms with E-state index in [0.717, 1.165) is 35.7 Å². The molecule has 1 unspecified atom stereocenters. The van der Waals surface area contributed by atoms with E-state index in [4.69, 9.17) is 4.74 Å². The van der Waals surface area contributed by atoms with E-state index in [2.05, 4.69) is 11.9 Å². The lowest BCUT2D eigenvalue weighted by Crippen LogP contribution is -2.45. The molecule has 5 nitrogen and oxygen atoms in total. The molecule has 0 radical (unpaired) electrons. The summed E-state index contributed by atoms with van der Waals surface area (Å²) < 4.78 is 5.19. The van der Waals surface area contributed by atoms with Crippen molar-refractivity contribution in [2.45, 2.75) is 45.1 Å². The molecule has 7 heteroatoms. The van der Waals surface area contributed by atoms with Crippen molar-refractivity contribution in [2.75, 3.05) is 13.2 Å². The van der Waals surface area contributed by atoms with Gasteiger partial charge in [-0.1, -0.05) is 13.0 Å². The molecule has 1 atom stereocenters. The predicted octanol–water partition coefficient (Wildman–Crippen LogP) is 3.75. The predicted molar refractivity (Wildman–Crippen MR) is 99.7 cm³/mol. The largest absolute Gasteiger partial charge is 0.455 e. The van der Waals surface area contributed by atoms with Gasteiger partial charge >= 0.3 is 5.97 Å². The van der Waals surface area contributed by atoms with E-state index in [1.807, 2.05) is 27.8 Å². The van der Waals surface area contributed by atoms with Crippen LogP contribution in [-0.2, 0) is 20.7 Å². The molecule has 1 fully saturated rings. The molecular weight excluding hydrogens is 356 g/mol. The molecule has 1 amide bonds. The van der Waals surface area contributed by atoms with Crippen LogP contribution in [0.4, 0.5) is 0 Å². The molecule has 1 saturated heterocycles. The second kappa shape index (κ2) is 8.58. The highest BCUT2D eigenvalue weighted by molar-refractivity contribution is 7.20. The number of amides is 1. The average molecular weight is 379 g/mol. The highest BCUT2D eigenvalue weighted by Gasteiger charge is 2.26. The Morgan fingerprint density at radius 1 is 1.36 bits per heavy atom. The van der Waals surface area contributed by atoms with E-state index in [9.17, 15) is 9.59 Å². The summed E-state index contributed by atoms with van der Waals surface area (Å²) in [7, 11) is 0. The molecule has 0 N–H and O–H groups in total. The third-order valence-corrected chi connectivity index (χ3v) is 6.31. The van der Waals surface area contributed by atoms with E-state index < -0.39 is 5.97 Å². The first-order chi connectivity index (χ1) is 12.2. The summed E-state index contributed by atoms with van der Waals surface area (Å²) in [5.41, 5.74) is 0.690. The van der Waals surface area contributed by atoms with Crippen molar-refractivity contribution < 1.29 is 14.3 Å². The number of likely N-dealkylation sites (tertiary alicyclic amines) is 1. The first-order valence-electron chi connectivity index (χ1n) is 8.60. The maximum absolute atomic E-state index is 12.3. The third kappa shape index (κ3) is 4.67. The number of hydrogen-bond acceptors (Lipinski definition) is 6. The van der Waals surface area contributed by atoms with E-state index in [0.29, 0.717) is 5.69 Å². The normalized spacial score (nSPS) is 17.5. The van der Waals surface area contributed by atoms with Crippen molar-refractivity contribution in [1.29, 1.82) is 0 Å². The molecule has 2 aromatic rings. The molecule has 1 aliphatic rings. The fourth-order valence-electron chi connectivity index (χ4n) is 3.08. The molecule has 2 aromatic heterocycles. The van der Waals surface area contributed by atoms with Gasteiger partial charge in [0.25, 0.3) is 5.91 Å². The van der Waals surface area contributed by atoms with Crippen molar-refractivity contribution in [3.05, 3.63) is 28.6 Å². The van der Waals surface area contributed by atoms with Crippen LogP contribution < -0.4 is 0 Å². The van der Waals surface area contributed by atoms with Gasteiger partial charge in [-0.2, -0.15) is 0 Å². The van der Waals surface area contributed by atoms with Crippen molar-refractivity contribution in [1.82, 2.24) is 9.88 Å². The minimum absolute atomic E-state index is 0.0857. The molecule has 0 aliphatic carbocycles. The number of thiazole rings is 1. The Labute approximate surface area is 155 Å². The standard InChI is InChI=1S/C18H22N2O3S2/c1-2-14-6-3-4-8-20(14)16(21)11-23-17(22)10-13-12-25-18(19-13)15-7-5-9-24-15/h5,7,9,12,14H,2-4,6,8,10-11H2,1H3. The van der Waals surface area contributed by atoms with Crippen LogP contribution >= 0.6 is 22.7 Å². The molecule has 0 spiro atoms. The maximum atomic E-state index is 12.3. The van der Waals surface area contributed by atoms with Crippen LogP contribution in [0.1, 0.15) is 38.3 Å². The number of ether oxygens (including phenoxy) is 1. The fourth-order valence-corrected chi connectivity index (χ4v) is 4.71. The Bertz CT molecular complexity index is 712. The van der Waals surface area contributed by atoms with Gasteiger partial charge in [0.2, 0.25) is 0 Å². The van der Waals surface area contributed by atoms with Gasteiger partial charge in [-0.3, -0.25) is 9.59 Å². The number of esters is 1. The molecule has 3 rings (SSSR count). The highest BCUT2D eigenvalue weighted by atomic mass is 32.1. The van der Waals surface area contributed by atoms with Gasteiger partial charge in [0.15, 0.2) is 6.61 Å². The smallest absolute Gasteiger partial charge is 0.312 e. The van der Waals surface area contributed by atoms with Crippen molar-refractivity contribution >= 4 is 34.6 Å². The monoisotopic (exact) mass is 378 g/mol. The first kappa shape index (κ1) is 18.1. The summed E-state index contributed by atoms with van der Waals surface area (Å²) in [6, 6.07) is 4.27. The Morgan fingerprint density at radius 2 is 2.24 bits per heavy atom. The van der Waals surface area contributed by atoms with Crippen LogP contribution in [-0.4, -0.2) is 41.0 Å². The molecule has 0 bridgehead atoms. The molecule has 3 heterocycles. The van der Waals surface area contributed by atoms with Gasteiger partial charge in [-0.25, -0.2) is 4.98 Å². The number of piperidine rings is 1. The fraction of sp³-hybridized carbons (Fsp3) is 0.500. The second-order valence-electron chi connectivity index (χ2n) is 6.10. The number of thiophene rings is 1. The molecule has 134 valence electrons. The number of hydrogen-bond donors (Lipinski definition) is 0. The molecular formula is C18H22N2O3S2. The summed E-state index contributed by atoms with van der Waals surface area (Å²) in [6.45, 7) is 2.69. The van der Waals surface area contributed by atoms with Crippen LogP contribution in [0, 0.1) is 0 Å². The highest BCUT2D eigenvalue weighted by Crippen LogP contribution is 2.28. The topological polar surface area (TPSA) is 59.5 Å². The minimum Gasteiger partial charge on any atom is -0.455 e. The Hall–Kier alpha value is -1.73. The lowest BCUT2D eigenvalue weighted by molar-refractivity contribution is -0.153. The quantitative estimate of drug-likeness (QED) is 0.719. The van der Waals surface area contributed by atoms with Gasteiger partial charge in [0.05, 0.1) is 17.0 Å². The first-order valence-corrected chi connectivity index (χ1v) is 10.4. The van der Waals surface area contributed by atoms with Crippen molar-refractivity contribution in [2.24, 2.45) is 0 Å². The summed E-state index contributed by atoms with van der Waals surface area (Å²) in [5, 5.41) is 4.78. The SMILES string of the molecule is CCC1CCCCN1C(=O)COC(=O)Cc1csc(-c2cccs2)n1. The van der Waals surface area contributed by atoms with Gasteiger partial charge in [0, 0.05) is 18.0 Å². The third-order valence-electron chi connectivity index (χ3n) is 4.38. The Kier molecular flexibility index (Phi) is 6.20. The molecule has 1 aliphatic heterocycles. The van der Waals surface area contributed by atoms with E-state index in [1.54, 1.807) is 11.3 Å². The van der Waals surface area contributed by atoms with Crippen LogP contribution in [0.25, 0.3) is 9.88 Å². The van der Waals surface area contributed by atoms with Crippen LogP contribution in [0.2, 0.25) is 0 Å². The molecule has 0 saturated carbocycles. The van der Waals surface area contributed by atoms with Gasteiger partial charge < -0.3 is 9.64 Å². The Morgan fingerprint density at radius 3 is 3.00 bits per heavy atom. The molecule has 25 heavy (non-hydrogen) atoms. The van der Waals surface area contributed by atoms with Crippen LogP contribution in [0.5, 0.6) is 0 Å². The molecule has 0 aromatic carbocycles. The zero-order valence-electron chi connectivity index (χ0n) is 14.3. The number of nitrogens with zero attached hydrogens (tertiary/aromatic N) is 2. The lowest BCUT2D eigenvalue weighted by Gasteiger charge is -2.35. The lowest BCUT2D eigenvalue weighted by atomic mass is 10.00. The zero-order chi connectivity index (χ0) is 17.6. The summed E-state index contributed by atoms with van der Waals surface area (Å²) in [4.78, 5) is 31.8. The van der Waals surface area contributed by atoms with E-state index in [1.165, 1.54) is 17.8 Å². The number of rotatable bonds is 6. The summed E-state index contributed by atoms with van der Waals surface area (Å²) >= 11 is 3.14. The number of carbonyl (C=O) groups is 2. The van der Waals surface area contributed by atoms with Gasteiger partial charge in [-0.05, 0) is 37.1 Å². The average Bonchev–Trinajstić information content (AvgIpc) is 3.31. The van der Waals surface area contributed by atoms with E-state index in [-0.39, 0.29) is 25.0 Å². The number of carbonyl (C=O) groups excluding carboxylic acids is 2. The summed E-state index contributed by atoms with van der Waals surface area (Å²) in [6.07, 6.45) is 4.29. The van der Waals surface area contributed by atoms with Crippen LogP contribution in [0.15, 0.2) is 22.9 Å². The van der Waals surface area contributed by atoms with Crippen LogP contribution in [0.3, 0.4) is 0 Å². The Balaban J connectivity index is 1.48. The van der Waals surface area contributed by atoms with Crippen molar-refractivity contribution in [3.63, 3.8) is 0 Å². The van der Waals surface area contributed by atoms with Crippen molar-refractivity contribution in [3.8, 4) is 9.88 Å².